The molecule has 102 valence electrons. The molecule has 2 heterocycles. The Labute approximate surface area is 113 Å². The number of aryl methyl sites for hydroxylation is 3. The van der Waals surface area contributed by atoms with Crippen molar-refractivity contribution in [3.8, 4) is 5.88 Å². The highest BCUT2D eigenvalue weighted by Gasteiger charge is 2.12. The lowest BCUT2D eigenvalue weighted by Crippen LogP contribution is -2.05. The van der Waals surface area contributed by atoms with Gasteiger partial charge in [0.1, 0.15) is 5.69 Å². The molecule has 0 radical (unpaired) electrons. The van der Waals surface area contributed by atoms with Crippen molar-refractivity contribution in [2.75, 3.05) is 12.3 Å². The summed E-state index contributed by atoms with van der Waals surface area (Å²) in [4.78, 5) is 4.00. The van der Waals surface area contributed by atoms with E-state index in [-0.39, 0.29) is 0 Å². The number of nitrogens with zero attached hydrogens (tertiary/aromatic N) is 3. The molecule has 0 saturated heterocycles. The van der Waals surface area contributed by atoms with Gasteiger partial charge >= 0.3 is 0 Å². The van der Waals surface area contributed by atoms with Crippen molar-refractivity contribution < 1.29 is 4.74 Å². The minimum atomic E-state index is 0.634. The molecule has 0 fully saturated rings. The Morgan fingerprint density at radius 1 is 1.32 bits per heavy atom. The number of ether oxygens (including phenoxy) is 1. The van der Waals surface area contributed by atoms with Crippen LogP contribution in [-0.2, 0) is 19.9 Å². The van der Waals surface area contributed by atoms with E-state index in [1.54, 1.807) is 4.68 Å². The summed E-state index contributed by atoms with van der Waals surface area (Å²) in [6.07, 6.45) is 6.35. The summed E-state index contributed by atoms with van der Waals surface area (Å²) in [6.45, 7) is 2.67. The molecule has 2 aromatic rings. The second kappa shape index (κ2) is 6.22. The highest BCUT2D eigenvalue weighted by atomic mass is 16.5. The molecule has 0 unspecified atom stereocenters. The predicted molar refractivity (Wildman–Crippen MR) is 75.1 cm³/mol. The van der Waals surface area contributed by atoms with Gasteiger partial charge in [-0.2, -0.15) is 5.10 Å². The normalized spacial score (nSPS) is 10.6. The maximum absolute atomic E-state index is 5.99. The molecule has 0 aliphatic rings. The van der Waals surface area contributed by atoms with Gasteiger partial charge in [0, 0.05) is 19.4 Å². The zero-order chi connectivity index (χ0) is 13.7. The van der Waals surface area contributed by atoms with Crippen molar-refractivity contribution in [3.05, 3.63) is 35.8 Å². The molecular formula is C14H20N4O. The largest absolute Gasteiger partial charge is 0.476 e. The van der Waals surface area contributed by atoms with Crippen LogP contribution in [0, 0.1) is 0 Å². The fraction of sp³-hybridized carbons (Fsp3) is 0.429. The van der Waals surface area contributed by atoms with Gasteiger partial charge in [0.25, 0.3) is 0 Å². The Kier molecular flexibility index (Phi) is 4.39. The topological polar surface area (TPSA) is 66.0 Å². The van der Waals surface area contributed by atoms with Crippen molar-refractivity contribution in [1.82, 2.24) is 14.8 Å². The smallest absolute Gasteiger partial charge is 0.235 e. The molecule has 0 bridgehead atoms. The van der Waals surface area contributed by atoms with E-state index >= 15 is 0 Å². The molecule has 5 heteroatoms. The van der Waals surface area contributed by atoms with E-state index in [9.17, 15) is 0 Å². The Hall–Kier alpha value is -2.04. The first kappa shape index (κ1) is 13.4. The van der Waals surface area contributed by atoms with Crippen LogP contribution in [0.25, 0.3) is 0 Å². The van der Waals surface area contributed by atoms with Gasteiger partial charge in [-0.1, -0.05) is 6.92 Å². The summed E-state index contributed by atoms with van der Waals surface area (Å²) in [5, 5.41) is 4.32. The highest BCUT2D eigenvalue weighted by molar-refractivity contribution is 5.53. The zero-order valence-electron chi connectivity index (χ0n) is 11.5. The lowest BCUT2D eigenvalue weighted by Gasteiger charge is -2.07. The Morgan fingerprint density at radius 3 is 2.68 bits per heavy atom. The van der Waals surface area contributed by atoms with E-state index in [4.69, 9.17) is 10.5 Å². The van der Waals surface area contributed by atoms with Gasteiger partial charge in [-0.05, 0) is 37.0 Å². The summed E-state index contributed by atoms with van der Waals surface area (Å²) in [7, 11) is 1.85. The van der Waals surface area contributed by atoms with Crippen LogP contribution in [0.15, 0.2) is 24.5 Å². The van der Waals surface area contributed by atoms with Crippen molar-refractivity contribution in [3.63, 3.8) is 0 Å². The molecule has 2 rings (SSSR count). The van der Waals surface area contributed by atoms with Gasteiger partial charge < -0.3 is 10.5 Å². The second-order valence-corrected chi connectivity index (χ2v) is 4.45. The maximum Gasteiger partial charge on any atom is 0.235 e. The van der Waals surface area contributed by atoms with Crippen LogP contribution < -0.4 is 10.5 Å². The van der Waals surface area contributed by atoms with Crippen LogP contribution in [0.2, 0.25) is 0 Å². The third-order valence-corrected chi connectivity index (χ3v) is 3.04. The summed E-state index contributed by atoms with van der Waals surface area (Å²) in [5.74, 6) is 0.673. The molecule has 0 atom stereocenters. The van der Waals surface area contributed by atoms with E-state index in [1.807, 2.05) is 38.5 Å². The SMILES string of the molecule is CCc1nn(C)c(OCCCc2ccncc2)c1N. The molecule has 0 aromatic carbocycles. The molecule has 0 aliphatic carbocycles. The average Bonchev–Trinajstić information content (AvgIpc) is 2.71. The summed E-state index contributed by atoms with van der Waals surface area (Å²) in [6, 6.07) is 4.04. The van der Waals surface area contributed by atoms with Crippen LogP contribution in [0.1, 0.15) is 24.6 Å². The fourth-order valence-electron chi connectivity index (χ4n) is 2.01. The summed E-state index contributed by atoms with van der Waals surface area (Å²) >= 11 is 0. The molecule has 19 heavy (non-hydrogen) atoms. The van der Waals surface area contributed by atoms with E-state index < -0.39 is 0 Å². The van der Waals surface area contributed by atoms with Crippen LogP contribution >= 0.6 is 0 Å². The zero-order valence-corrected chi connectivity index (χ0v) is 11.5. The number of hydrogen-bond donors (Lipinski definition) is 1. The number of nitrogen functional groups attached to an aromatic ring is 1. The second-order valence-electron chi connectivity index (χ2n) is 4.45. The Balaban J connectivity index is 1.85. The number of rotatable bonds is 6. The molecular weight excluding hydrogens is 240 g/mol. The number of anilines is 1. The monoisotopic (exact) mass is 260 g/mol. The first-order chi connectivity index (χ1) is 9.22. The van der Waals surface area contributed by atoms with Crippen molar-refractivity contribution in [2.45, 2.75) is 26.2 Å². The average molecular weight is 260 g/mol. The van der Waals surface area contributed by atoms with Crippen LogP contribution in [0.3, 0.4) is 0 Å². The molecule has 0 saturated carbocycles. The summed E-state index contributed by atoms with van der Waals surface area (Å²) < 4.78 is 7.44. The van der Waals surface area contributed by atoms with Crippen molar-refractivity contribution in [2.24, 2.45) is 7.05 Å². The van der Waals surface area contributed by atoms with Gasteiger partial charge in [0.2, 0.25) is 5.88 Å². The number of hydrogen-bond acceptors (Lipinski definition) is 4. The van der Waals surface area contributed by atoms with E-state index in [0.29, 0.717) is 18.2 Å². The number of nitrogens with two attached hydrogens (primary N) is 1. The van der Waals surface area contributed by atoms with Crippen molar-refractivity contribution >= 4 is 5.69 Å². The first-order valence-electron chi connectivity index (χ1n) is 6.55. The highest BCUT2D eigenvalue weighted by Crippen LogP contribution is 2.24. The molecule has 2 N–H and O–H groups in total. The quantitative estimate of drug-likeness (QED) is 0.806. The minimum absolute atomic E-state index is 0.634. The van der Waals surface area contributed by atoms with Crippen LogP contribution in [0.5, 0.6) is 5.88 Å². The third-order valence-electron chi connectivity index (χ3n) is 3.04. The fourth-order valence-corrected chi connectivity index (χ4v) is 2.01. The first-order valence-corrected chi connectivity index (χ1v) is 6.55. The van der Waals surface area contributed by atoms with Gasteiger partial charge in [-0.25, -0.2) is 4.68 Å². The number of aromatic nitrogens is 3. The summed E-state index contributed by atoms with van der Waals surface area (Å²) in [5.41, 5.74) is 8.82. The third kappa shape index (κ3) is 3.24. The van der Waals surface area contributed by atoms with Gasteiger partial charge in [-0.3, -0.25) is 4.98 Å². The van der Waals surface area contributed by atoms with Gasteiger partial charge in [0.15, 0.2) is 0 Å². The maximum atomic E-state index is 5.99. The standard InChI is InChI=1S/C14H20N4O/c1-3-12-13(15)14(18(2)17-12)19-10-4-5-11-6-8-16-9-7-11/h6-9H,3-5,10,15H2,1-2H3. The van der Waals surface area contributed by atoms with E-state index in [1.165, 1.54) is 5.56 Å². The molecule has 0 amide bonds. The molecule has 2 aromatic heterocycles. The molecule has 5 nitrogen and oxygen atoms in total. The Bertz CT molecular complexity index is 522. The van der Waals surface area contributed by atoms with Crippen LogP contribution in [0.4, 0.5) is 5.69 Å². The Morgan fingerprint density at radius 2 is 2.05 bits per heavy atom. The van der Waals surface area contributed by atoms with E-state index in [0.717, 1.165) is 25.0 Å². The minimum Gasteiger partial charge on any atom is -0.476 e. The predicted octanol–water partition coefficient (Wildman–Crippen LogP) is 1.97. The van der Waals surface area contributed by atoms with Crippen LogP contribution in [-0.4, -0.2) is 21.4 Å². The van der Waals surface area contributed by atoms with Gasteiger partial charge in [0.05, 0.1) is 12.3 Å². The lowest BCUT2D eigenvalue weighted by molar-refractivity contribution is 0.286. The molecule has 0 spiro atoms. The van der Waals surface area contributed by atoms with Gasteiger partial charge in [-0.15, -0.1) is 0 Å². The lowest BCUT2D eigenvalue weighted by atomic mass is 10.1. The number of pyridine rings is 1. The molecule has 0 aliphatic heterocycles. The van der Waals surface area contributed by atoms with Crippen molar-refractivity contribution in [1.29, 1.82) is 0 Å². The van der Waals surface area contributed by atoms with E-state index in [2.05, 4.69) is 10.1 Å².